The molecule has 3 aromatic rings. The second kappa shape index (κ2) is 6.47. The zero-order valence-corrected chi connectivity index (χ0v) is 14.7. The number of rotatable bonds is 5. The maximum Gasteiger partial charge on any atom is 0.200 e. The van der Waals surface area contributed by atoms with E-state index < -0.39 is 0 Å². The van der Waals surface area contributed by atoms with Crippen LogP contribution >= 0.6 is 0 Å². The van der Waals surface area contributed by atoms with E-state index in [9.17, 15) is 4.79 Å². The van der Waals surface area contributed by atoms with E-state index in [2.05, 4.69) is 16.7 Å². The average molecular weight is 340 g/mol. The average Bonchev–Trinajstić information content (AvgIpc) is 2.93. The van der Waals surface area contributed by atoms with Gasteiger partial charge in [0.2, 0.25) is 0 Å². The molecule has 0 radical (unpaired) electrons. The summed E-state index contributed by atoms with van der Waals surface area (Å²) in [5.74, 6) is 1.62. The van der Waals surface area contributed by atoms with E-state index in [1.807, 2.05) is 26.8 Å². The van der Waals surface area contributed by atoms with Crippen molar-refractivity contribution in [2.75, 3.05) is 13.7 Å². The lowest BCUT2D eigenvalue weighted by atomic mass is 10.00. The molecule has 3 rings (SSSR count). The van der Waals surface area contributed by atoms with Gasteiger partial charge in [-0.1, -0.05) is 11.7 Å². The van der Waals surface area contributed by atoms with Crippen molar-refractivity contribution in [2.45, 2.75) is 20.8 Å². The van der Waals surface area contributed by atoms with Crippen LogP contribution in [0.25, 0.3) is 27.8 Å². The number of fused-ring (bicyclic) bond motifs is 1. The molecule has 0 saturated heterocycles. The van der Waals surface area contributed by atoms with Gasteiger partial charge in [-0.3, -0.25) is 4.79 Å². The predicted octanol–water partition coefficient (Wildman–Crippen LogP) is 3.82. The Morgan fingerprint density at radius 3 is 2.72 bits per heavy atom. The maximum atomic E-state index is 12.8. The number of nitrogens with one attached hydrogen (secondary N) is 1. The van der Waals surface area contributed by atoms with Gasteiger partial charge in [0.1, 0.15) is 17.3 Å². The van der Waals surface area contributed by atoms with Crippen molar-refractivity contribution in [3.05, 3.63) is 52.1 Å². The molecule has 0 aliphatic rings. The van der Waals surface area contributed by atoms with Gasteiger partial charge in [-0.2, -0.15) is 0 Å². The number of aromatic amines is 1. The molecule has 0 aliphatic carbocycles. The van der Waals surface area contributed by atoms with Gasteiger partial charge in [0.05, 0.1) is 36.1 Å². The molecule has 1 aromatic carbocycles. The van der Waals surface area contributed by atoms with Crippen molar-refractivity contribution in [3.63, 3.8) is 0 Å². The summed E-state index contributed by atoms with van der Waals surface area (Å²) in [6.07, 6.45) is 1.62. The topological polar surface area (TPSA) is 77.3 Å². The van der Waals surface area contributed by atoms with E-state index >= 15 is 0 Å². The molecule has 0 aliphatic heterocycles. The van der Waals surface area contributed by atoms with Gasteiger partial charge in [-0.25, -0.2) is 0 Å². The Labute approximate surface area is 145 Å². The number of ether oxygens (including phenoxy) is 2. The molecule has 25 heavy (non-hydrogen) atoms. The van der Waals surface area contributed by atoms with Gasteiger partial charge in [-0.05, 0) is 32.9 Å². The summed E-state index contributed by atoms with van der Waals surface area (Å²) in [6, 6.07) is 3.59. The highest BCUT2D eigenvalue weighted by Crippen LogP contribution is 2.36. The molecule has 0 spiro atoms. The van der Waals surface area contributed by atoms with E-state index in [4.69, 9.17) is 14.0 Å². The summed E-state index contributed by atoms with van der Waals surface area (Å²) >= 11 is 0. The number of methoxy groups -OCH3 is 1. The van der Waals surface area contributed by atoms with Crippen LogP contribution in [0.2, 0.25) is 0 Å². The van der Waals surface area contributed by atoms with E-state index in [-0.39, 0.29) is 5.43 Å². The van der Waals surface area contributed by atoms with Crippen LogP contribution < -0.4 is 10.2 Å². The van der Waals surface area contributed by atoms with Crippen molar-refractivity contribution >= 4 is 16.7 Å². The van der Waals surface area contributed by atoms with Crippen molar-refractivity contribution in [1.29, 1.82) is 0 Å². The number of aromatic nitrogens is 2. The summed E-state index contributed by atoms with van der Waals surface area (Å²) in [7, 11) is 1.57. The summed E-state index contributed by atoms with van der Waals surface area (Å²) in [4.78, 5) is 15.9. The molecule has 0 amide bonds. The van der Waals surface area contributed by atoms with Crippen molar-refractivity contribution in [3.8, 4) is 16.9 Å². The number of hydrogen-bond donors (Lipinski definition) is 1. The Kier molecular flexibility index (Phi) is 4.35. The first kappa shape index (κ1) is 16.8. The first-order chi connectivity index (χ1) is 12.0. The van der Waals surface area contributed by atoms with Crippen LogP contribution in [0.1, 0.15) is 23.9 Å². The Bertz CT molecular complexity index is 995. The van der Waals surface area contributed by atoms with Gasteiger partial charge in [0, 0.05) is 17.1 Å². The van der Waals surface area contributed by atoms with Crippen molar-refractivity contribution < 1.29 is 14.0 Å². The lowest BCUT2D eigenvalue weighted by Gasteiger charge is -2.12. The number of aryl methyl sites for hydroxylation is 2. The van der Waals surface area contributed by atoms with Crippen LogP contribution in [-0.2, 0) is 4.74 Å². The third kappa shape index (κ3) is 2.80. The third-order valence-electron chi connectivity index (χ3n) is 4.12. The van der Waals surface area contributed by atoms with E-state index in [0.717, 1.165) is 16.8 Å². The minimum Gasteiger partial charge on any atom is -0.496 e. The van der Waals surface area contributed by atoms with Gasteiger partial charge in [0.25, 0.3) is 0 Å². The van der Waals surface area contributed by atoms with Crippen molar-refractivity contribution in [1.82, 2.24) is 10.1 Å². The summed E-state index contributed by atoms with van der Waals surface area (Å²) in [5, 5.41) is 4.50. The van der Waals surface area contributed by atoms with E-state index in [1.165, 1.54) is 0 Å². The molecule has 0 atom stereocenters. The van der Waals surface area contributed by atoms with Crippen LogP contribution in [0, 0.1) is 13.8 Å². The molecule has 1 N–H and O–H groups in total. The van der Waals surface area contributed by atoms with Gasteiger partial charge >= 0.3 is 0 Å². The van der Waals surface area contributed by atoms with E-state index in [1.54, 1.807) is 19.4 Å². The molecule has 0 saturated carbocycles. The molecule has 130 valence electrons. The molecule has 2 aromatic heterocycles. The van der Waals surface area contributed by atoms with E-state index in [0.29, 0.717) is 40.3 Å². The molecule has 6 heteroatoms. The Morgan fingerprint density at radius 1 is 1.36 bits per heavy atom. The first-order valence-electron chi connectivity index (χ1n) is 7.96. The fourth-order valence-electron chi connectivity index (χ4n) is 2.94. The Balaban J connectivity index is 2.26. The molecule has 0 bridgehead atoms. The normalized spacial score (nSPS) is 10.9. The number of hydrogen-bond acceptors (Lipinski definition) is 5. The van der Waals surface area contributed by atoms with Crippen LogP contribution in [0.3, 0.4) is 0 Å². The SMILES string of the molecule is C=C(OCC)c1c[nH]c2cc(-c3c(C)noc3C)c(OC)cc2c1=O. The maximum absolute atomic E-state index is 12.8. The Hall–Kier alpha value is -3.02. The highest BCUT2D eigenvalue weighted by atomic mass is 16.5. The number of H-pyrrole nitrogens is 1. The highest BCUT2D eigenvalue weighted by Gasteiger charge is 2.19. The largest absolute Gasteiger partial charge is 0.496 e. The minimum absolute atomic E-state index is 0.157. The smallest absolute Gasteiger partial charge is 0.200 e. The second-order valence-corrected chi connectivity index (χ2v) is 5.68. The summed E-state index contributed by atoms with van der Waals surface area (Å²) in [5.41, 5.74) is 3.38. The number of pyridine rings is 1. The van der Waals surface area contributed by atoms with Crippen LogP contribution in [0.4, 0.5) is 0 Å². The third-order valence-corrected chi connectivity index (χ3v) is 4.12. The quantitative estimate of drug-likeness (QED) is 0.715. The summed E-state index contributed by atoms with van der Waals surface area (Å²) in [6.45, 7) is 9.82. The number of benzene rings is 1. The van der Waals surface area contributed by atoms with Gasteiger partial charge in [-0.15, -0.1) is 0 Å². The summed E-state index contributed by atoms with van der Waals surface area (Å²) < 4.78 is 16.1. The second-order valence-electron chi connectivity index (χ2n) is 5.68. The molecule has 0 fully saturated rings. The Morgan fingerprint density at radius 2 is 2.12 bits per heavy atom. The van der Waals surface area contributed by atoms with Crippen LogP contribution in [0.15, 0.2) is 34.2 Å². The fourth-order valence-corrected chi connectivity index (χ4v) is 2.94. The lowest BCUT2D eigenvalue weighted by Crippen LogP contribution is -2.11. The highest BCUT2D eigenvalue weighted by molar-refractivity contribution is 5.90. The lowest BCUT2D eigenvalue weighted by molar-refractivity contribution is 0.299. The van der Waals surface area contributed by atoms with Gasteiger partial charge in [0.15, 0.2) is 5.43 Å². The molecular weight excluding hydrogens is 320 g/mol. The first-order valence-corrected chi connectivity index (χ1v) is 7.96. The van der Waals surface area contributed by atoms with Crippen LogP contribution in [-0.4, -0.2) is 23.9 Å². The molecule has 2 heterocycles. The molecule has 6 nitrogen and oxygen atoms in total. The van der Waals surface area contributed by atoms with Crippen LogP contribution in [0.5, 0.6) is 5.75 Å². The fraction of sp³-hybridized carbons (Fsp3) is 0.263. The monoisotopic (exact) mass is 340 g/mol. The van der Waals surface area contributed by atoms with Gasteiger partial charge < -0.3 is 19.0 Å². The predicted molar refractivity (Wildman–Crippen MR) is 96.8 cm³/mol. The van der Waals surface area contributed by atoms with Crippen molar-refractivity contribution in [2.24, 2.45) is 0 Å². The molecular formula is C19H20N2O4. The zero-order valence-electron chi connectivity index (χ0n) is 14.7. The number of nitrogens with zero attached hydrogens (tertiary/aromatic N) is 1. The zero-order chi connectivity index (χ0) is 18.1. The molecule has 0 unspecified atom stereocenters. The standard InChI is InChI=1S/C19H20N2O4/c1-6-24-11(3)15-9-20-16-7-14(18-10(2)21-25-12(18)4)17(23-5)8-13(16)19(15)22/h7-9H,3,6H2,1-2,4-5H3,(H,20,22). The minimum atomic E-state index is -0.157.